The molecule has 8 nitrogen and oxygen atoms in total. The molecule has 0 spiro atoms. The van der Waals surface area contributed by atoms with E-state index < -0.39 is 0 Å². The highest BCUT2D eigenvalue weighted by Gasteiger charge is 2.23. The predicted octanol–water partition coefficient (Wildman–Crippen LogP) is 19.9. The summed E-state index contributed by atoms with van der Waals surface area (Å²) in [5.74, 6) is 1.63. The fourth-order valence-corrected chi connectivity index (χ4v) is 12.7. The van der Waals surface area contributed by atoms with Crippen LogP contribution >= 0.6 is 0 Å². The van der Waals surface area contributed by atoms with E-state index in [1.165, 1.54) is 48.5 Å². The zero-order chi connectivity index (χ0) is 55.2. The van der Waals surface area contributed by atoms with Crippen molar-refractivity contribution < 1.29 is 8.83 Å². The number of aromatic nitrogens is 6. The summed E-state index contributed by atoms with van der Waals surface area (Å²) in [4.78, 5) is 19.2. The molecule has 6 heterocycles. The van der Waals surface area contributed by atoms with Gasteiger partial charge in [-0.3, -0.25) is 19.1 Å². The molecule has 0 fully saturated rings. The van der Waals surface area contributed by atoms with Crippen LogP contribution in [0.3, 0.4) is 0 Å². The minimum atomic E-state index is 0.813. The first kappa shape index (κ1) is 47.3. The third kappa shape index (κ3) is 7.55. The average molecular weight is 1080 g/mol. The van der Waals surface area contributed by atoms with Gasteiger partial charge in [0.05, 0.1) is 22.1 Å². The van der Waals surface area contributed by atoms with E-state index in [0.29, 0.717) is 0 Å². The predicted molar refractivity (Wildman–Crippen MR) is 344 cm³/mol. The van der Waals surface area contributed by atoms with Crippen LogP contribution in [0.15, 0.2) is 288 Å². The number of rotatable bonds is 6. The van der Waals surface area contributed by atoms with Crippen LogP contribution in [0.1, 0.15) is 0 Å². The lowest BCUT2D eigenvalue weighted by Gasteiger charge is -2.12. The van der Waals surface area contributed by atoms with Crippen molar-refractivity contribution in [2.45, 2.75) is 0 Å². The molecule has 84 heavy (non-hydrogen) atoms. The standard InChI is InChI=1S/2C38H23N3O/c1-3-14-28-24(10-1)19-20-34-35(28)36-29-15-4-2-11-26(29)23-30(37(36)42-34)25-12-9-13-27(22-25)41-33-18-6-5-16-31(33)40-38(41)32-17-7-8-21-39-32;1-3-11-28-24(9-1)18-21-34-35(28)36-29-12-4-2-10-26(29)23-30(37(36)42-34)25-16-19-27(20-17-25)41-33-15-6-5-13-31(33)40-38(41)32-14-7-8-22-39-32/h2*1-23H. The second-order valence-electron chi connectivity index (χ2n) is 21.3. The summed E-state index contributed by atoms with van der Waals surface area (Å²) < 4.78 is 17.8. The Morgan fingerprint density at radius 1 is 0.298 bits per heavy atom. The molecule has 0 atom stereocenters. The lowest BCUT2D eigenvalue weighted by Crippen LogP contribution is -1.99. The van der Waals surface area contributed by atoms with Crippen molar-refractivity contribution in [2.24, 2.45) is 0 Å². The van der Waals surface area contributed by atoms with Gasteiger partial charge in [0, 0.05) is 56.4 Å². The van der Waals surface area contributed by atoms with E-state index in [9.17, 15) is 0 Å². The summed E-state index contributed by atoms with van der Waals surface area (Å²) >= 11 is 0. The third-order valence-corrected chi connectivity index (χ3v) is 16.5. The number of hydrogen-bond donors (Lipinski definition) is 0. The van der Waals surface area contributed by atoms with Crippen molar-refractivity contribution in [3.8, 4) is 56.7 Å². The molecule has 8 heteroatoms. The van der Waals surface area contributed by atoms with Gasteiger partial charge in [-0.1, -0.05) is 170 Å². The molecule has 0 N–H and O–H groups in total. The summed E-state index contributed by atoms with van der Waals surface area (Å²) in [5, 5.41) is 14.3. The summed E-state index contributed by atoms with van der Waals surface area (Å²) in [6.45, 7) is 0. The van der Waals surface area contributed by atoms with E-state index in [1.54, 1.807) is 0 Å². The number of pyridine rings is 2. The monoisotopic (exact) mass is 1070 g/mol. The molecular formula is C76H46N6O2. The van der Waals surface area contributed by atoms with Gasteiger partial charge >= 0.3 is 0 Å². The van der Waals surface area contributed by atoms with Crippen LogP contribution in [-0.4, -0.2) is 29.1 Å². The molecule has 6 aromatic heterocycles. The van der Waals surface area contributed by atoms with Crippen molar-refractivity contribution in [1.82, 2.24) is 29.1 Å². The SMILES string of the molecule is c1ccc(-c2nc3ccccc3n2-c2ccc(-c3cc4ccccc4c4c3oc3ccc5ccccc5c34)cc2)nc1.c1ccc(-c2nc3ccccc3n2-c2cccc(-c3cc4ccccc4c4c3oc3ccc5ccccc5c34)c2)nc1. The third-order valence-electron chi connectivity index (χ3n) is 16.5. The van der Waals surface area contributed by atoms with Crippen molar-refractivity contribution in [3.05, 3.63) is 279 Å². The number of para-hydroxylation sites is 4. The molecule has 0 aliphatic heterocycles. The molecule has 0 aliphatic carbocycles. The smallest absolute Gasteiger partial charge is 0.164 e. The molecule has 18 rings (SSSR count). The molecule has 0 unspecified atom stereocenters. The van der Waals surface area contributed by atoms with Crippen molar-refractivity contribution in [1.29, 1.82) is 0 Å². The molecule has 0 bridgehead atoms. The zero-order valence-electron chi connectivity index (χ0n) is 45.1. The van der Waals surface area contributed by atoms with Gasteiger partial charge in [0.1, 0.15) is 33.7 Å². The number of imidazole rings is 2. The van der Waals surface area contributed by atoms with Gasteiger partial charge in [-0.2, -0.15) is 0 Å². The number of fused-ring (bicyclic) bond motifs is 16. The van der Waals surface area contributed by atoms with Crippen LogP contribution in [0.25, 0.3) is 166 Å². The Kier molecular flexibility index (Phi) is 10.8. The Balaban J connectivity index is 0.000000132. The number of furan rings is 2. The molecular weight excluding hydrogens is 1030 g/mol. The Hall–Kier alpha value is -11.5. The van der Waals surface area contributed by atoms with Gasteiger partial charge in [-0.05, 0) is 151 Å². The first-order valence-corrected chi connectivity index (χ1v) is 28.2. The fourth-order valence-electron chi connectivity index (χ4n) is 12.7. The molecule has 0 saturated heterocycles. The summed E-state index contributed by atoms with van der Waals surface area (Å²) in [6.07, 6.45) is 3.62. The molecule has 0 aliphatic rings. The molecule has 392 valence electrons. The van der Waals surface area contributed by atoms with Crippen LogP contribution in [-0.2, 0) is 0 Å². The van der Waals surface area contributed by atoms with E-state index in [1.807, 2.05) is 79.1 Å². The highest BCUT2D eigenvalue weighted by Crippen LogP contribution is 2.46. The quantitative estimate of drug-likeness (QED) is 0.165. The van der Waals surface area contributed by atoms with Gasteiger partial charge < -0.3 is 8.83 Å². The highest BCUT2D eigenvalue weighted by molar-refractivity contribution is 6.30. The highest BCUT2D eigenvalue weighted by atomic mass is 16.3. The summed E-state index contributed by atoms with van der Waals surface area (Å²) in [7, 11) is 0. The van der Waals surface area contributed by atoms with E-state index in [0.717, 1.165) is 117 Å². The van der Waals surface area contributed by atoms with Gasteiger partial charge in [0.2, 0.25) is 0 Å². The number of hydrogen-bond acceptors (Lipinski definition) is 6. The topological polar surface area (TPSA) is 87.7 Å². The zero-order valence-corrected chi connectivity index (χ0v) is 45.1. The van der Waals surface area contributed by atoms with Gasteiger partial charge in [0.25, 0.3) is 0 Å². The second-order valence-corrected chi connectivity index (χ2v) is 21.3. The maximum atomic E-state index is 6.72. The average Bonchev–Trinajstić information content (AvgIpc) is 3.23. The maximum Gasteiger partial charge on any atom is 0.164 e. The number of benzene rings is 12. The van der Waals surface area contributed by atoms with Crippen molar-refractivity contribution >= 4 is 109 Å². The Morgan fingerprint density at radius 3 is 1.25 bits per heavy atom. The van der Waals surface area contributed by atoms with Crippen LogP contribution < -0.4 is 0 Å². The van der Waals surface area contributed by atoms with E-state index in [4.69, 9.17) is 18.8 Å². The van der Waals surface area contributed by atoms with Crippen LogP contribution in [0, 0.1) is 0 Å². The molecule has 0 saturated carbocycles. The lowest BCUT2D eigenvalue weighted by atomic mass is 9.94. The molecule has 12 aromatic carbocycles. The summed E-state index contributed by atoms with van der Waals surface area (Å²) in [5.41, 5.74) is 15.6. The van der Waals surface area contributed by atoms with Crippen LogP contribution in [0.2, 0.25) is 0 Å². The first-order valence-electron chi connectivity index (χ1n) is 28.2. The lowest BCUT2D eigenvalue weighted by molar-refractivity contribution is 0.670. The summed E-state index contributed by atoms with van der Waals surface area (Å²) in [6, 6.07) is 92.9. The minimum Gasteiger partial charge on any atom is -0.455 e. The van der Waals surface area contributed by atoms with E-state index in [2.05, 4.69) is 219 Å². The Bertz CT molecular complexity index is 5620. The van der Waals surface area contributed by atoms with Crippen molar-refractivity contribution in [3.63, 3.8) is 0 Å². The van der Waals surface area contributed by atoms with E-state index >= 15 is 0 Å². The molecule has 0 radical (unpaired) electrons. The molecule has 18 aromatic rings. The Labute approximate surface area is 480 Å². The Morgan fingerprint density at radius 2 is 0.738 bits per heavy atom. The van der Waals surface area contributed by atoms with Gasteiger partial charge in [-0.25, -0.2) is 9.97 Å². The minimum absolute atomic E-state index is 0.813. The van der Waals surface area contributed by atoms with Crippen LogP contribution in [0.5, 0.6) is 0 Å². The van der Waals surface area contributed by atoms with Crippen LogP contribution in [0.4, 0.5) is 0 Å². The largest absolute Gasteiger partial charge is 0.455 e. The second kappa shape index (κ2) is 19.1. The van der Waals surface area contributed by atoms with Crippen molar-refractivity contribution in [2.75, 3.05) is 0 Å². The maximum absolute atomic E-state index is 6.72. The first-order chi connectivity index (χ1) is 41.7. The van der Waals surface area contributed by atoms with E-state index in [-0.39, 0.29) is 0 Å². The van der Waals surface area contributed by atoms with Gasteiger partial charge in [-0.15, -0.1) is 0 Å². The number of nitrogens with zero attached hydrogens (tertiary/aromatic N) is 6. The molecule has 0 amide bonds. The fraction of sp³-hybridized carbons (Fsp3) is 0. The normalized spacial score (nSPS) is 11.8. The van der Waals surface area contributed by atoms with Gasteiger partial charge in [0.15, 0.2) is 11.6 Å².